The molecule has 0 spiro atoms. The number of amides is 3. The van der Waals surface area contributed by atoms with Crippen molar-refractivity contribution in [2.24, 2.45) is 0 Å². The number of halogens is 1. The van der Waals surface area contributed by atoms with Crippen molar-refractivity contribution in [2.75, 3.05) is 5.32 Å². The fourth-order valence-electron chi connectivity index (χ4n) is 3.11. The highest BCUT2D eigenvalue weighted by Crippen LogP contribution is 2.29. The highest BCUT2D eigenvalue weighted by atomic mass is 35.5. The minimum atomic E-state index is -0.620. The highest BCUT2D eigenvalue weighted by Gasteiger charge is 2.18. The number of fused-ring (bicyclic) bond motifs is 1. The van der Waals surface area contributed by atoms with Crippen LogP contribution in [0.3, 0.4) is 0 Å². The van der Waals surface area contributed by atoms with Crippen LogP contribution in [0.1, 0.15) is 16.1 Å². The number of hydrogen-bond acceptors (Lipinski definition) is 3. The van der Waals surface area contributed by atoms with Gasteiger partial charge in [-0.05, 0) is 37.3 Å². The Balaban J connectivity index is 1.55. The van der Waals surface area contributed by atoms with E-state index in [1.807, 2.05) is 37.4 Å². The number of para-hydroxylation sites is 2. The molecule has 2 heterocycles. The molecule has 2 aromatic heterocycles. The van der Waals surface area contributed by atoms with Gasteiger partial charge in [-0.2, -0.15) is 0 Å². The summed E-state index contributed by atoms with van der Waals surface area (Å²) in [5.74, 6) is -0.489. The number of anilines is 1. The SMILES string of the molecule is Cc1ccc(C(=O)NNC(=O)Nc2ccccc2Cl)c(-c2c[nH]c3ccccc23)n1. The van der Waals surface area contributed by atoms with Crippen molar-refractivity contribution < 1.29 is 9.59 Å². The predicted molar refractivity (Wildman–Crippen MR) is 117 cm³/mol. The lowest BCUT2D eigenvalue weighted by Crippen LogP contribution is -2.44. The first-order chi connectivity index (χ1) is 14.5. The Morgan fingerprint density at radius 1 is 0.967 bits per heavy atom. The van der Waals surface area contributed by atoms with Gasteiger partial charge in [0.15, 0.2) is 0 Å². The minimum absolute atomic E-state index is 0.336. The molecule has 4 N–H and O–H groups in total. The molecule has 4 rings (SSSR count). The number of pyridine rings is 1. The molecule has 0 aliphatic heterocycles. The molecule has 4 aromatic rings. The maximum atomic E-state index is 12.8. The van der Waals surface area contributed by atoms with Crippen molar-refractivity contribution in [1.29, 1.82) is 0 Å². The third-order valence-electron chi connectivity index (χ3n) is 4.54. The number of nitrogens with one attached hydrogen (secondary N) is 4. The van der Waals surface area contributed by atoms with E-state index in [0.717, 1.165) is 22.2 Å². The first-order valence-electron chi connectivity index (χ1n) is 9.19. The summed E-state index contributed by atoms with van der Waals surface area (Å²) in [5.41, 5.74) is 8.57. The van der Waals surface area contributed by atoms with E-state index in [1.165, 1.54) is 0 Å². The van der Waals surface area contributed by atoms with Crippen LogP contribution in [0.2, 0.25) is 5.02 Å². The van der Waals surface area contributed by atoms with Crippen LogP contribution in [0.5, 0.6) is 0 Å². The lowest BCUT2D eigenvalue weighted by Gasteiger charge is -2.12. The Morgan fingerprint density at radius 3 is 2.57 bits per heavy atom. The van der Waals surface area contributed by atoms with Gasteiger partial charge < -0.3 is 10.3 Å². The van der Waals surface area contributed by atoms with Crippen molar-refractivity contribution in [3.8, 4) is 11.3 Å². The van der Waals surface area contributed by atoms with Gasteiger partial charge in [0.25, 0.3) is 5.91 Å². The summed E-state index contributed by atoms with van der Waals surface area (Å²) in [7, 11) is 0. The smallest absolute Gasteiger partial charge is 0.337 e. The van der Waals surface area contributed by atoms with E-state index in [9.17, 15) is 9.59 Å². The van der Waals surface area contributed by atoms with Crippen LogP contribution in [0.4, 0.5) is 10.5 Å². The predicted octanol–water partition coefficient (Wildman–Crippen LogP) is 4.66. The Morgan fingerprint density at radius 2 is 1.73 bits per heavy atom. The van der Waals surface area contributed by atoms with Crippen molar-refractivity contribution in [2.45, 2.75) is 6.92 Å². The number of hydrazine groups is 1. The van der Waals surface area contributed by atoms with Gasteiger partial charge in [0, 0.05) is 28.4 Å². The van der Waals surface area contributed by atoms with E-state index < -0.39 is 11.9 Å². The largest absolute Gasteiger partial charge is 0.360 e. The lowest BCUT2D eigenvalue weighted by molar-refractivity contribution is 0.0938. The van der Waals surface area contributed by atoms with Crippen LogP contribution in [0.15, 0.2) is 66.9 Å². The van der Waals surface area contributed by atoms with Gasteiger partial charge in [-0.3, -0.25) is 15.2 Å². The number of benzene rings is 2. The van der Waals surface area contributed by atoms with Crippen molar-refractivity contribution in [3.63, 3.8) is 0 Å². The summed E-state index contributed by atoms with van der Waals surface area (Å²) >= 11 is 6.03. The summed E-state index contributed by atoms with van der Waals surface area (Å²) in [4.78, 5) is 32.7. The summed E-state index contributed by atoms with van der Waals surface area (Å²) < 4.78 is 0. The van der Waals surface area contributed by atoms with Gasteiger partial charge in [0.05, 0.1) is 22.0 Å². The Kier molecular flexibility index (Phi) is 5.36. The molecule has 0 bridgehead atoms. The number of aryl methyl sites for hydroxylation is 1. The van der Waals surface area contributed by atoms with Gasteiger partial charge in [0.1, 0.15) is 0 Å². The molecule has 8 heteroatoms. The molecular weight excluding hydrogens is 402 g/mol. The number of nitrogens with zero attached hydrogens (tertiary/aromatic N) is 1. The van der Waals surface area contributed by atoms with Crippen LogP contribution < -0.4 is 16.2 Å². The number of urea groups is 1. The van der Waals surface area contributed by atoms with Crippen LogP contribution in [-0.2, 0) is 0 Å². The number of carbonyl (C=O) groups is 2. The molecule has 150 valence electrons. The van der Waals surface area contributed by atoms with E-state index in [2.05, 4.69) is 26.1 Å². The summed E-state index contributed by atoms with van der Waals surface area (Å²) in [6.45, 7) is 1.86. The zero-order valence-electron chi connectivity index (χ0n) is 16.0. The second-order valence-corrected chi connectivity index (χ2v) is 7.02. The maximum absolute atomic E-state index is 12.8. The molecule has 7 nitrogen and oxygen atoms in total. The molecule has 30 heavy (non-hydrogen) atoms. The molecule has 0 atom stereocenters. The fraction of sp³-hybridized carbons (Fsp3) is 0.0455. The van der Waals surface area contributed by atoms with Crippen LogP contribution >= 0.6 is 11.6 Å². The molecule has 3 amide bonds. The van der Waals surface area contributed by atoms with E-state index in [0.29, 0.717) is 22.0 Å². The topological polar surface area (TPSA) is 98.9 Å². The Labute approximate surface area is 177 Å². The quantitative estimate of drug-likeness (QED) is 0.363. The van der Waals surface area contributed by atoms with E-state index in [-0.39, 0.29) is 0 Å². The maximum Gasteiger partial charge on any atom is 0.337 e. The molecule has 0 saturated heterocycles. The van der Waals surface area contributed by atoms with Gasteiger partial charge in [-0.25, -0.2) is 10.2 Å². The summed E-state index contributed by atoms with van der Waals surface area (Å²) in [6.07, 6.45) is 1.82. The second kappa shape index (κ2) is 8.26. The Hall–Kier alpha value is -3.84. The van der Waals surface area contributed by atoms with Crippen LogP contribution in [-0.4, -0.2) is 21.9 Å². The zero-order valence-corrected chi connectivity index (χ0v) is 16.7. The number of hydrogen-bond donors (Lipinski definition) is 4. The van der Waals surface area contributed by atoms with E-state index in [4.69, 9.17) is 11.6 Å². The van der Waals surface area contributed by atoms with Gasteiger partial charge in [-0.1, -0.05) is 41.9 Å². The monoisotopic (exact) mass is 419 g/mol. The molecule has 0 unspecified atom stereocenters. The van der Waals surface area contributed by atoms with Crippen LogP contribution in [0.25, 0.3) is 22.2 Å². The molecule has 0 radical (unpaired) electrons. The number of rotatable bonds is 3. The summed E-state index contributed by atoms with van der Waals surface area (Å²) in [5, 5.41) is 3.92. The zero-order chi connectivity index (χ0) is 21.1. The molecular formula is C22H18ClN5O2. The van der Waals surface area contributed by atoms with Crippen molar-refractivity contribution >= 4 is 40.1 Å². The minimum Gasteiger partial charge on any atom is -0.360 e. The average molecular weight is 420 g/mol. The van der Waals surface area contributed by atoms with Gasteiger partial charge in [-0.15, -0.1) is 0 Å². The number of aromatic nitrogens is 2. The lowest BCUT2D eigenvalue weighted by atomic mass is 10.0. The Bertz CT molecular complexity index is 1250. The normalized spacial score (nSPS) is 10.6. The first-order valence-corrected chi connectivity index (χ1v) is 9.57. The van der Waals surface area contributed by atoms with E-state index in [1.54, 1.807) is 36.4 Å². The van der Waals surface area contributed by atoms with Gasteiger partial charge in [0.2, 0.25) is 0 Å². The third-order valence-corrected chi connectivity index (χ3v) is 4.86. The molecule has 0 aliphatic carbocycles. The van der Waals surface area contributed by atoms with Crippen molar-refractivity contribution in [1.82, 2.24) is 20.8 Å². The van der Waals surface area contributed by atoms with Gasteiger partial charge >= 0.3 is 6.03 Å². The molecule has 0 aliphatic rings. The fourth-order valence-corrected chi connectivity index (χ4v) is 3.29. The molecule has 0 fully saturated rings. The third kappa shape index (κ3) is 3.97. The first kappa shape index (κ1) is 19.5. The average Bonchev–Trinajstić information content (AvgIpc) is 3.18. The number of H-pyrrole nitrogens is 1. The molecule has 0 saturated carbocycles. The summed E-state index contributed by atoms with van der Waals surface area (Å²) in [6, 6.07) is 17.4. The second-order valence-electron chi connectivity index (χ2n) is 6.61. The van der Waals surface area contributed by atoms with E-state index >= 15 is 0 Å². The molecule has 2 aromatic carbocycles. The number of aromatic amines is 1. The number of carbonyl (C=O) groups excluding carboxylic acids is 2. The standard InChI is InChI=1S/C22H18ClN5O2/c1-13-10-11-15(20(25-13)16-12-24-18-8-4-2-6-14(16)18)21(29)27-28-22(30)26-19-9-5-3-7-17(19)23/h2-12,24H,1H3,(H,27,29)(H2,26,28,30). The van der Waals surface area contributed by atoms with Crippen molar-refractivity contribution in [3.05, 3.63) is 83.1 Å². The van der Waals surface area contributed by atoms with Crippen LogP contribution in [0, 0.1) is 6.92 Å². The highest BCUT2D eigenvalue weighted by molar-refractivity contribution is 6.33.